The van der Waals surface area contributed by atoms with Crippen LogP contribution in [-0.2, 0) is 0 Å². The van der Waals surface area contributed by atoms with Gasteiger partial charge in [-0.25, -0.2) is 4.98 Å². The van der Waals surface area contributed by atoms with Gasteiger partial charge in [0.2, 0.25) is 0 Å². The Hall–Kier alpha value is -2.14. The van der Waals surface area contributed by atoms with Crippen molar-refractivity contribution in [3.8, 4) is 0 Å². The van der Waals surface area contributed by atoms with Crippen LogP contribution in [0.4, 0.5) is 11.5 Å². The standard InChI is InChI=1S/C15H15N3OS/c1-3-17(12-7-5-4-6-11(12)2)14-13(10-19)18-8-9-20-15(18)16-14/h4-10H,3H2,1-2H3. The van der Waals surface area contributed by atoms with E-state index in [-0.39, 0.29) is 0 Å². The van der Waals surface area contributed by atoms with Gasteiger partial charge in [0.25, 0.3) is 0 Å². The van der Waals surface area contributed by atoms with Crippen molar-refractivity contribution in [2.45, 2.75) is 13.8 Å². The van der Waals surface area contributed by atoms with Gasteiger partial charge in [0, 0.05) is 23.8 Å². The first-order valence-electron chi connectivity index (χ1n) is 6.50. The second-order valence-corrected chi connectivity index (χ2v) is 5.40. The Morgan fingerprint density at radius 1 is 1.40 bits per heavy atom. The average Bonchev–Trinajstić information content (AvgIpc) is 3.02. The fourth-order valence-corrected chi connectivity index (χ4v) is 3.12. The monoisotopic (exact) mass is 285 g/mol. The van der Waals surface area contributed by atoms with Crippen molar-refractivity contribution in [1.29, 1.82) is 0 Å². The van der Waals surface area contributed by atoms with E-state index in [2.05, 4.69) is 35.9 Å². The number of aromatic nitrogens is 2. The summed E-state index contributed by atoms with van der Waals surface area (Å²) >= 11 is 1.53. The fourth-order valence-electron chi connectivity index (χ4n) is 2.40. The summed E-state index contributed by atoms with van der Waals surface area (Å²) < 4.78 is 1.84. The Labute approximate surface area is 121 Å². The van der Waals surface area contributed by atoms with Crippen LogP contribution in [-0.4, -0.2) is 22.2 Å². The smallest absolute Gasteiger partial charge is 0.196 e. The Balaban J connectivity index is 2.19. The quantitative estimate of drug-likeness (QED) is 0.686. The molecule has 0 saturated heterocycles. The fraction of sp³-hybridized carbons (Fsp3) is 0.200. The molecule has 0 atom stereocenters. The highest BCUT2D eigenvalue weighted by molar-refractivity contribution is 7.15. The molecule has 102 valence electrons. The van der Waals surface area contributed by atoms with Gasteiger partial charge < -0.3 is 4.90 Å². The van der Waals surface area contributed by atoms with Gasteiger partial charge in [-0.1, -0.05) is 18.2 Å². The number of hydrogen-bond acceptors (Lipinski definition) is 4. The van der Waals surface area contributed by atoms with Crippen molar-refractivity contribution < 1.29 is 4.79 Å². The summed E-state index contributed by atoms with van der Waals surface area (Å²) in [6.07, 6.45) is 2.76. The third kappa shape index (κ3) is 1.91. The summed E-state index contributed by atoms with van der Waals surface area (Å²) in [4.78, 5) is 19.0. The van der Waals surface area contributed by atoms with Crippen molar-refractivity contribution in [2.75, 3.05) is 11.4 Å². The summed E-state index contributed by atoms with van der Waals surface area (Å²) in [6, 6.07) is 8.14. The summed E-state index contributed by atoms with van der Waals surface area (Å²) in [5.41, 5.74) is 2.86. The Morgan fingerprint density at radius 3 is 2.90 bits per heavy atom. The van der Waals surface area contributed by atoms with E-state index >= 15 is 0 Å². The lowest BCUT2D eigenvalue weighted by molar-refractivity contribution is 0.111. The zero-order valence-corrected chi connectivity index (χ0v) is 12.2. The van der Waals surface area contributed by atoms with Gasteiger partial charge in [0.05, 0.1) is 0 Å². The molecule has 4 nitrogen and oxygen atoms in total. The van der Waals surface area contributed by atoms with Crippen molar-refractivity contribution in [3.63, 3.8) is 0 Å². The van der Waals surface area contributed by atoms with Crippen LogP contribution in [0.1, 0.15) is 23.0 Å². The largest absolute Gasteiger partial charge is 0.324 e. The highest BCUT2D eigenvalue weighted by Gasteiger charge is 2.19. The van der Waals surface area contributed by atoms with Gasteiger partial charge in [-0.15, -0.1) is 11.3 Å². The van der Waals surface area contributed by atoms with E-state index in [0.717, 1.165) is 29.3 Å². The molecule has 20 heavy (non-hydrogen) atoms. The van der Waals surface area contributed by atoms with Gasteiger partial charge in [-0.2, -0.15) is 0 Å². The first kappa shape index (κ1) is 12.9. The number of aldehydes is 1. The third-order valence-electron chi connectivity index (χ3n) is 3.37. The molecule has 0 amide bonds. The maximum atomic E-state index is 11.5. The molecule has 2 aromatic heterocycles. The summed E-state index contributed by atoms with van der Waals surface area (Å²) in [5, 5.41) is 1.93. The Kier molecular flexibility index (Phi) is 3.28. The molecule has 0 N–H and O–H groups in total. The van der Waals surface area contributed by atoms with E-state index in [4.69, 9.17) is 0 Å². The molecule has 3 aromatic rings. The normalized spacial score (nSPS) is 10.9. The number of anilines is 2. The van der Waals surface area contributed by atoms with Gasteiger partial charge in [0.1, 0.15) is 5.69 Å². The van der Waals surface area contributed by atoms with Crippen molar-refractivity contribution in [1.82, 2.24) is 9.38 Å². The van der Waals surface area contributed by atoms with Gasteiger partial charge >= 0.3 is 0 Å². The second-order valence-electron chi connectivity index (χ2n) is 4.52. The number of para-hydroxylation sites is 1. The molecule has 0 fully saturated rings. The number of carbonyl (C=O) groups excluding carboxylic acids is 1. The molecule has 0 unspecified atom stereocenters. The van der Waals surface area contributed by atoms with Crippen LogP contribution >= 0.6 is 11.3 Å². The van der Waals surface area contributed by atoms with E-state index < -0.39 is 0 Å². The molecule has 0 aliphatic carbocycles. The minimum Gasteiger partial charge on any atom is -0.324 e. The number of carbonyl (C=O) groups is 1. The van der Waals surface area contributed by atoms with E-state index in [0.29, 0.717) is 5.69 Å². The molecule has 0 radical (unpaired) electrons. The topological polar surface area (TPSA) is 37.6 Å². The molecule has 0 aliphatic heterocycles. The first-order chi connectivity index (χ1) is 9.76. The van der Waals surface area contributed by atoms with Gasteiger partial charge in [0.15, 0.2) is 17.1 Å². The summed E-state index contributed by atoms with van der Waals surface area (Å²) in [6.45, 7) is 4.89. The van der Waals surface area contributed by atoms with E-state index in [9.17, 15) is 4.79 Å². The minimum absolute atomic E-state index is 0.603. The Morgan fingerprint density at radius 2 is 2.20 bits per heavy atom. The molecule has 0 bridgehead atoms. The van der Waals surface area contributed by atoms with Gasteiger partial charge in [-0.05, 0) is 25.5 Å². The first-order valence-corrected chi connectivity index (χ1v) is 7.38. The molecule has 5 heteroatoms. The highest BCUT2D eigenvalue weighted by atomic mass is 32.1. The molecular weight excluding hydrogens is 270 g/mol. The Bertz CT molecular complexity index is 759. The lowest BCUT2D eigenvalue weighted by Crippen LogP contribution is -2.19. The number of fused-ring (bicyclic) bond motifs is 1. The molecular formula is C15H15N3OS. The molecule has 0 saturated carbocycles. The predicted octanol–water partition coefficient (Wildman–Crippen LogP) is 3.67. The number of aryl methyl sites for hydroxylation is 1. The molecule has 0 spiro atoms. The number of thiazole rings is 1. The van der Waals surface area contributed by atoms with Crippen LogP contribution in [0.3, 0.4) is 0 Å². The van der Waals surface area contributed by atoms with Crippen LogP contribution in [0.25, 0.3) is 4.96 Å². The van der Waals surface area contributed by atoms with Crippen LogP contribution in [0.5, 0.6) is 0 Å². The number of rotatable bonds is 4. The molecule has 1 aromatic carbocycles. The van der Waals surface area contributed by atoms with Crippen LogP contribution in [0, 0.1) is 6.92 Å². The lowest BCUT2D eigenvalue weighted by Gasteiger charge is -2.23. The van der Waals surface area contributed by atoms with E-state index in [1.165, 1.54) is 16.9 Å². The van der Waals surface area contributed by atoms with Crippen molar-refractivity contribution in [3.05, 3.63) is 47.1 Å². The third-order valence-corrected chi connectivity index (χ3v) is 4.13. The van der Waals surface area contributed by atoms with Crippen molar-refractivity contribution >= 4 is 34.1 Å². The summed E-state index contributed by atoms with van der Waals surface area (Å²) in [5.74, 6) is 0.726. The minimum atomic E-state index is 0.603. The molecule has 3 rings (SSSR count). The van der Waals surface area contributed by atoms with E-state index in [1.54, 1.807) is 0 Å². The zero-order chi connectivity index (χ0) is 14.1. The average molecular weight is 285 g/mol. The number of imidazole rings is 1. The maximum absolute atomic E-state index is 11.5. The number of hydrogen-bond donors (Lipinski definition) is 0. The summed E-state index contributed by atoms with van der Waals surface area (Å²) in [7, 11) is 0. The van der Waals surface area contributed by atoms with Crippen LogP contribution < -0.4 is 4.90 Å². The van der Waals surface area contributed by atoms with Crippen LogP contribution in [0.2, 0.25) is 0 Å². The second kappa shape index (κ2) is 5.09. The highest BCUT2D eigenvalue weighted by Crippen LogP contribution is 2.31. The number of nitrogens with zero attached hydrogens (tertiary/aromatic N) is 3. The molecule has 2 heterocycles. The van der Waals surface area contributed by atoms with Crippen molar-refractivity contribution in [2.24, 2.45) is 0 Å². The predicted molar refractivity (Wildman–Crippen MR) is 82.3 cm³/mol. The number of benzene rings is 1. The molecule has 0 aliphatic rings. The maximum Gasteiger partial charge on any atom is 0.196 e. The van der Waals surface area contributed by atoms with E-state index in [1.807, 2.05) is 28.1 Å². The van der Waals surface area contributed by atoms with Gasteiger partial charge in [-0.3, -0.25) is 9.20 Å². The SMILES string of the molecule is CCN(c1ccccc1C)c1nc2sccn2c1C=O. The zero-order valence-electron chi connectivity index (χ0n) is 11.4. The lowest BCUT2D eigenvalue weighted by atomic mass is 10.2. The van der Waals surface area contributed by atoms with Crippen LogP contribution in [0.15, 0.2) is 35.8 Å².